The number of hydrogen-bond acceptors (Lipinski definition) is 4. The van der Waals surface area contributed by atoms with Crippen molar-refractivity contribution in [3.05, 3.63) is 63.9 Å². The van der Waals surface area contributed by atoms with Gasteiger partial charge in [0.2, 0.25) is 10.0 Å². The van der Waals surface area contributed by atoms with Crippen LogP contribution in [0.4, 0.5) is 4.39 Å². The topological polar surface area (TPSA) is 92.2 Å². The summed E-state index contributed by atoms with van der Waals surface area (Å²) in [6.45, 7) is 1.54. The molecule has 3 aromatic rings. The lowest BCUT2D eigenvalue weighted by atomic mass is 10.2. The van der Waals surface area contributed by atoms with Crippen LogP contribution in [-0.2, 0) is 16.6 Å². The highest BCUT2D eigenvalue weighted by Gasteiger charge is 2.17. The van der Waals surface area contributed by atoms with E-state index in [1.807, 2.05) is 0 Å². The molecule has 8 heteroatoms. The van der Waals surface area contributed by atoms with E-state index in [2.05, 4.69) is 9.71 Å². The van der Waals surface area contributed by atoms with Crippen molar-refractivity contribution >= 4 is 21.1 Å². The fraction of sp³-hybridized carbons (Fsp3) is 0.133. The molecule has 0 radical (unpaired) electrons. The molecule has 0 saturated heterocycles. The van der Waals surface area contributed by atoms with Gasteiger partial charge >= 0.3 is 5.76 Å². The maximum Gasteiger partial charge on any atom is 0.417 e. The molecule has 2 N–H and O–H groups in total. The second kappa shape index (κ2) is 5.64. The van der Waals surface area contributed by atoms with E-state index in [0.717, 1.165) is 12.1 Å². The fourth-order valence-corrected chi connectivity index (χ4v) is 3.51. The molecule has 6 nitrogen and oxygen atoms in total. The average molecular weight is 336 g/mol. The van der Waals surface area contributed by atoms with E-state index in [9.17, 15) is 17.6 Å². The van der Waals surface area contributed by atoms with E-state index in [-0.39, 0.29) is 11.4 Å². The normalized spacial score (nSPS) is 11.9. The number of aromatic amines is 1. The Kier molecular flexibility index (Phi) is 3.78. The lowest BCUT2D eigenvalue weighted by Crippen LogP contribution is -2.24. The number of sulfonamides is 1. The van der Waals surface area contributed by atoms with Crippen LogP contribution in [0.5, 0.6) is 0 Å². The summed E-state index contributed by atoms with van der Waals surface area (Å²) in [5.74, 6) is -1.06. The molecule has 3 rings (SSSR count). The van der Waals surface area contributed by atoms with Gasteiger partial charge in [-0.25, -0.2) is 22.3 Å². The van der Waals surface area contributed by atoms with Crippen molar-refractivity contribution in [2.24, 2.45) is 0 Å². The largest absolute Gasteiger partial charge is 0.417 e. The van der Waals surface area contributed by atoms with Crippen LogP contribution in [0.3, 0.4) is 0 Å². The second-order valence-electron chi connectivity index (χ2n) is 5.08. The van der Waals surface area contributed by atoms with Crippen molar-refractivity contribution in [1.82, 2.24) is 9.71 Å². The lowest BCUT2D eigenvalue weighted by Gasteiger charge is -2.09. The van der Waals surface area contributed by atoms with Gasteiger partial charge in [-0.05, 0) is 48.4 Å². The molecule has 2 aromatic carbocycles. The van der Waals surface area contributed by atoms with E-state index in [0.29, 0.717) is 22.2 Å². The minimum atomic E-state index is -3.77. The Morgan fingerprint density at radius 1 is 1.22 bits per heavy atom. The molecule has 1 heterocycles. The van der Waals surface area contributed by atoms with Gasteiger partial charge in [0.15, 0.2) is 5.58 Å². The van der Waals surface area contributed by atoms with Gasteiger partial charge in [0.25, 0.3) is 0 Å². The molecule has 0 unspecified atom stereocenters. The number of H-pyrrole nitrogens is 1. The molecule has 23 heavy (non-hydrogen) atoms. The summed E-state index contributed by atoms with van der Waals surface area (Å²) >= 11 is 0. The van der Waals surface area contributed by atoms with Crippen molar-refractivity contribution in [2.45, 2.75) is 18.4 Å². The Morgan fingerprint density at radius 2 is 2.00 bits per heavy atom. The van der Waals surface area contributed by atoms with Crippen LogP contribution >= 0.6 is 0 Å². The highest BCUT2D eigenvalue weighted by molar-refractivity contribution is 7.89. The number of nitrogens with one attached hydrogen (secondary N) is 2. The van der Waals surface area contributed by atoms with Gasteiger partial charge in [-0.15, -0.1) is 0 Å². The molecule has 0 bridgehead atoms. The van der Waals surface area contributed by atoms with Gasteiger partial charge < -0.3 is 4.42 Å². The zero-order valence-electron chi connectivity index (χ0n) is 12.1. The van der Waals surface area contributed by atoms with Gasteiger partial charge in [-0.1, -0.05) is 6.07 Å². The van der Waals surface area contributed by atoms with E-state index in [1.54, 1.807) is 18.2 Å². The Balaban J connectivity index is 1.83. The van der Waals surface area contributed by atoms with Crippen LogP contribution in [0, 0.1) is 12.7 Å². The first-order chi connectivity index (χ1) is 10.8. The van der Waals surface area contributed by atoms with Crippen LogP contribution in [0.2, 0.25) is 0 Å². The van der Waals surface area contributed by atoms with E-state index in [4.69, 9.17) is 4.42 Å². The van der Waals surface area contributed by atoms with E-state index < -0.39 is 21.6 Å². The molecule has 0 atom stereocenters. The Hall–Kier alpha value is -2.45. The molecule has 0 saturated carbocycles. The number of halogens is 1. The number of benzene rings is 2. The maximum absolute atomic E-state index is 13.1. The molecule has 0 aliphatic carbocycles. The number of aromatic nitrogens is 1. The standard InChI is InChI=1S/C15H13FN2O4S/c1-9-6-11(16)3-5-14(9)23(20,21)17-8-10-2-4-12-13(7-10)22-15(19)18-12/h2-7,17H,8H2,1H3,(H,18,19). The monoisotopic (exact) mass is 336 g/mol. The predicted octanol–water partition coefficient (Wildman–Crippen LogP) is 2.05. The first-order valence-corrected chi connectivity index (χ1v) is 8.21. The smallest absolute Gasteiger partial charge is 0.408 e. The first-order valence-electron chi connectivity index (χ1n) is 6.73. The summed E-state index contributed by atoms with van der Waals surface area (Å²) in [5.41, 5.74) is 1.84. The number of hydrogen-bond donors (Lipinski definition) is 2. The summed E-state index contributed by atoms with van der Waals surface area (Å²) in [5, 5.41) is 0. The molecule has 0 fully saturated rings. The Bertz CT molecular complexity index is 1040. The van der Waals surface area contributed by atoms with Crippen LogP contribution in [0.25, 0.3) is 11.1 Å². The highest BCUT2D eigenvalue weighted by Crippen LogP contribution is 2.17. The van der Waals surface area contributed by atoms with Crippen molar-refractivity contribution in [2.75, 3.05) is 0 Å². The Labute approximate surface area is 131 Å². The molecule has 0 amide bonds. The van der Waals surface area contributed by atoms with Gasteiger partial charge in [0.1, 0.15) is 5.82 Å². The number of rotatable bonds is 4. The lowest BCUT2D eigenvalue weighted by molar-refractivity contribution is 0.554. The third-order valence-electron chi connectivity index (χ3n) is 3.38. The van der Waals surface area contributed by atoms with Crippen LogP contribution in [0.1, 0.15) is 11.1 Å². The van der Waals surface area contributed by atoms with Crippen molar-refractivity contribution < 1.29 is 17.2 Å². The van der Waals surface area contributed by atoms with Crippen molar-refractivity contribution in [3.8, 4) is 0 Å². The highest BCUT2D eigenvalue weighted by atomic mass is 32.2. The summed E-state index contributed by atoms with van der Waals surface area (Å²) in [6.07, 6.45) is 0. The SMILES string of the molecule is Cc1cc(F)ccc1S(=O)(=O)NCc1ccc2[nH]c(=O)oc2c1. The number of aryl methyl sites for hydroxylation is 1. The second-order valence-corrected chi connectivity index (χ2v) is 6.81. The van der Waals surface area contributed by atoms with Crippen LogP contribution in [0.15, 0.2) is 50.5 Å². The Morgan fingerprint density at radius 3 is 2.74 bits per heavy atom. The summed E-state index contributed by atoms with van der Waals surface area (Å²) < 4.78 is 45.0. The quantitative estimate of drug-likeness (QED) is 0.763. The molecule has 0 aliphatic heterocycles. The molecule has 1 aromatic heterocycles. The molecule has 0 aliphatic rings. The van der Waals surface area contributed by atoms with E-state index in [1.165, 1.54) is 13.0 Å². The summed E-state index contributed by atoms with van der Waals surface area (Å²) in [7, 11) is -3.77. The molecular formula is C15H13FN2O4S. The van der Waals surface area contributed by atoms with Crippen LogP contribution in [-0.4, -0.2) is 13.4 Å². The predicted molar refractivity (Wildman–Crippen MR) is 82.0 cm³/mol. The first kappa shape index (κ1) is 15.4. The van der Waals surface area contributed by atoms with Gasteiger partial charge in [-0.2, -0.15) is 0 Å². The minimum absolute atomic E-state index is 0.0178. The zero-order valence-corrected chi connectivity index (χ0v) is 12.9. The molecule has 120 valence electrons. The molecular weight excluding hydrogens is 323 g/mol. The fourth-order valence-electron chi connectivity index (χ4n) is 2.27. The summed E-state index contributed by atoms with van der Waals surface area (Å²) in [6, 6.07) is 8.37. The van der Waals surface area contributed by atoms with Gasteiger partial charge in [-0.3, -0.25) is 4.98 Å². The summed E-state index contributed by atoms with van der Waals surface area (Å²) in [4.78, 5) is 13.6. The molecule has 0 spiro atoms. The number of fused-ring (bicyclic) bond motifs is 1. The van der Waals surface area contributed by atoms with Crippen molar-refractivity contribution in [1.29, 1.82) is 0 Å². The van der Waals surface area contributed by atoms with Crippen molar-refractivity contribution in [3.63, 3.8) is 0 Å². The van der Waals surface area contributed by atoms with Crippen LogP contribution < -0.4 is 10.5 Å². The van der Waals surface area contributed by atoms with Gasteiger partial charge in [0, 0.05) is 6.54 Å². The van der Waals surface area contributed by atoms with Gasteiger partial charge in [0.05, 0.1) is 10.4 Å². The maximum atomic E-state index is 13.1. The average Bonchev–Trinajstić information content (AvgIpc) is 2.84. The minimum Gasteiger partial charge on any atom is -0.408 e. The number of oxazole rings is 1. The zero-order chi connectivity index (χ0) is 16.6. The van der Waals surface area contributed by atoms with E-state index >= 15 is 0 Å². The third kappa shape index (κ3) is 3.17. The third-order valence-corrected chi connectivity index (χ3v) is 4.94.